The largest absolute Gasteiger partial charge is 0.453 e. The molecule has 1 saturated carbocycles. The number of halogens is 1. The summed E-state index contributed by atoms with van der Waals surface area (Å²) in [5.74, 6) is 0.626. The van der Waals surface area contributed by atoms with Crippen molar-refractivity contribution in [1.29, 1.82) is 0 Å². The molecule has 3 rings (SSSR count). The predicted octanol–water partition coefficient (Wildman–Crippen LogP) is 5.40. The summed E-state index contributed by atoms with van der Waals surface area (Å²) < 4.78 is 10.8. The smallest absolute Gasteiger partial charge is 0.406 e. The highest BCUT2D eigenvalue weighted by molar-refractivity contribution is 6.30. The molecule has 1 aliphatic carbocycles. The molecule has 0 heterocycles. The predicted molar refractivity (Wildman–Crippen MR) is 147 cm³/mol. The van der Waals surface area contributed by atoms with E-state index in [0.29, 0.717) is 17.1 Å². The van der Waals surface area contributed by atoms with Crippen LogP contribution in [0.4, 0.5) is 4.79 Å². The lowest BCUT2D eigenvalue weighted by Crippen LogP contribution is -2.40. The number of hydrogen-bond acceptors (Lipinski definition) is 5. The summed E-state index contributed by atoms with van der Waals surface area (Å²) in [5, 5.41) is 9.72. The lowest BCUT2D eigenvalue weighted by atomic mass is 9.85. The van der Waals surface area contributed by atoms with Crippen molar-refractivity contribution in [3.63, 3.8) is 0 Å². The number of rotatable bonds is 12. The molecule has 2 atom stereocenters. The Labute approximate surface area is 225 Å². The van der Waals surface area contributed by atoms with Gasteiger partial charge < -0.3 is 25.4 Å². The molecule has 0 radical (unpaired) electrons. The molecular formula is C29H40ClN3O4. The van der Waals surface area contributed by atoms with Crippen LogP contribution >= 0.6 is 11.6 Å². The Morgan fingerprint density at radius 1 is 1.08 bits per heavy atom. The van der Waals surface area contributed by atoms with Gasteiger partial charge in [-0.1, -0.05) is 61.9 Å². The fraction of sp³-hybridized carbons (Fsp3) is 0.517. The second-order valence-electron chi connectivity index (χ2n) is 9.73. The quantitative estimate of drug-likeness (QED) is 0.320. The van der Waals surface area contributed by atoms with Crippen LogP contribution in [0.1, 0.15) is 71.7 Å². The van der Waals surface area contributed by atoms with Gasteiger partial charge in [-0.25, -0.2) is 4.79 Å². The van der Waals surface area contributed by atoms with Crippen molar-refractivity contribution in [1.82, 2.24) is 16.0 Å². The van der Waals surface area contributed by atoms with Gasteiger partial charge in [0.1, 0.15) is 6.10 Å². The molecule has 0 bridgehead atoms. The van der Waals surface area contributed by atoms with E-state index in [4.69, 9.17) is 16.3 Å². The number of aryl methyl sites for hydroxylation is 1. The minimum Gasteiger partial charge on any atom is -0.453 e. The first-order valence-corrected chi connectivity index (χ1v) is 13.5. The molecule has 3 N–H and O–H groups in total. The van der Waals surface area contributed by atoms with Crippen molar-refractivity contribution in [2.24, 2.45) is 5.92 Å². The third-order valence-corrected chi connectivity index (χ3v) is 7.31. The standard InChI is InChI=1S/C29H40ClN3O4/c1-20-12-13-23(28(34)33-19-25(31-2)16-21-8-5-4-6-9-21)18-26(20)27(22-10-7-11-24(30)17-22)37-15-14-32-29(35)36-3/h7,10-13,17-18,21,25,27,31H,4-6,8-9,14-16,19H2,1-3H3,(H,32,35)(H,33,34). The third-order valence-electron chi connectivity index (χ3n) is 7.08. The maximum absolute atomic E-state index is 13.1. The summed E-state index contributed by atoms with van der Waals surface area (Å²) in [5.41, 5.74) is 3.32. The van der Waals surface area contributed by atoms with Crippen LogP contribution in [0.2, 0.25) is 5.02 Å². The van der Waals surface area contributed by atoms with Crippen molar-refractivity contribution in [2.75, 3.05) is 33.9 Å². The lowest BCUT2D eigenvalue weighted by molar-refractivity contribution is 0.0800. The van der Waals surface area contributed by atoms with Gasteiger partial charge in [-0.05, 0) is 67.3 Å². The first-order chi connectivity index (χ1) is 17.9. The van der Waals surface area contributed by atoms with Gasteiger partial charge in [0.25, 0.3) is 5.91 Å². The van der Waals surface area contributed by atoms with Crippen LogP contribution in [0.15, 0.2) is 42.5 Å². The van der Waals surface area contributed by atoms with Crippen molar-refractivity contribution in [3.05, 3.63) is 69.7 Å². The van der Waals surface area contributed by atoms with E-state index in [0.717, 1.165) is 29.0 Å². The Morgan fingerprint density at radius 2 is 1.86 bits per heavy atom. The first-order valence-electron chi connectivity index (χ1n) is 13.2. The van der Waals surface area contributed by atoms with E-state index in [-0.39, 0.29) is 25.1 Å². The van der Waals surface area contributed by atoms with Crippen molar-refractivity contribution >= 4 is 23.6 Å². The molecule has 7 nitrogen and oxygen atoms in total. The van der Waals surface area contributed by atoms with E-state index in [9.17, 15) is 9.59 Å². The van der Waals surface area contributed by atoms with Crippen LogP contribution in [0, 0.1) is 12.8 Å². The minimum absolute atomic E-state index is 0.109. The minimum atomic E-state index is -0.513. The molecule has 37 heavy (non-hydrogen) atoms. The highest BCUT2D eigenvalue weighted by atomic mass is 35.5. The van der Waals surface area contributed by atoms with Gasteiger partial charge in [0.15, 0.2) is 0 Å². The SMILES string of the molecule is CNC(CNC(=O)c1ccc(C)c(C(OCCNC(=O)OC)c2cccc(Cl)c2)c1)CC1CCCCC1. The second kappa shape index (κ2) is 15.0. The summed E-state index contributed by atoms with van der Waals surface area (Å²) in [6, 6.07) is 13.4. The zero-order valence-electron chi connectivity index (χ0n) is 22.1. The summed E-state index contributed by atoms with van der Waals surface area (Å²) in [4.78, 5) is 24.5. The molecule has 0 saturated heterocycles. The zero-order chi connectivity index (χ0) is 26.6. The average Bonchev–Trinajstić information content (AvgIpc) is 2.91. The van der Waals surface area contributed by atoms with Gasteiger partial charge in [-0.15, -0.1) is 0 Å². The van der Waals surface area contributed by atoms with Crippen molar-refractivity contribution in [3.8, 4) is 0 Å². The normalized spacial score (nSPS) is 15.6. The Balaban J connectivity index is 1.72. The topological polar surface area (TPSA) is 88.7 Å². The molecule has 1 aliphatic rings. The number of methoxy groups -OCH3 is 1. The van der Waals surface area contributed by atoms with Crippen molar-refractivity contribution in [2.45, 2.75) is 57.6 Å². The number of hydrogen-bond donors (Lipinski definition) is 3. The number of carbonyl (C=O) groups is 2. The average molecular weight is 530 g/mol. The Kier molecular flexibility index (Phi) is 11.7. The molecule has 0 aliphatic heterocycles. The van der Waals surface area contributed by atoms with Crippen LogP contribution in [0.25, 0.3) is 0 Å². The summed E-state index contributed by atoms with van der Waals surface area (Å²) in [6.07, 6.45) is 6.65. The van der Waals surface area contributed by atoms with E-state index in [2.05, 4.69) is 20.7 Å². The number of alkyl carbamates (subject to hydrolysis) is 1. The number of amides is 2. The molecule has 0 spiro atoms. The lowest BCUT2D eigenvalue weighted by Gasteiger charge is -2.26. The van der Waals surface area contributed by atoms with E-state index >= 15 is 0 Å². The van der Waals surface area contributed by atoms with E-state index in [1.807, 2.05) is 56.4 Å². The number of likely N-dealkylation sites (N-methyl/N-ethyl adjacent to an activating group) is 1. The van der Waals surface area contributed by atoms with Crippen LogP contribution < -0.4 is 16.0 Å². The molecule has 0 aromatic heterocycles. The maximum atomic E-state index is 13.1. The summed E-state index contributed by atoms with van der Waals surface area (Å²) >= 11 is 6.27. The Hall–Kier alpha value is -2.61. The number of carbonyl (C=O) groups excluding carboxylic acids is 2. The Morgan fingerprint density at radius 3 is 2.57 bits per heavy atom. The molecule has 2 amide bonds. The van der Waals surface area contributed by atoms with Crippen LogP contribution in [0.5, 0.6) is 0 Å². The highest BCUT2D eigenvalue weighted by Crippen LogP contribution is 2.31. The second-order valence-corrected chi connectivity index (χ2v) is 10.2. The van der Waals surface area contributed by atoms with Gasteiger partial charge in [0.2, 0.25) is 0 Å². The van der Waals surface area contributed by atoms with Crippen molar-refractivity contribution < 1.29 is 19.1 Å². The van der Waals surface area contributed by atoms with Gasteiger partial charge in [-0.2, -0.15) is 0 Å². The third kappa shape index (κ3) is 9.02. The van der Waals surface area contributed by atoms with E-state index in [1.165, 1.54) is 39.2 Å². The molecule has 2 unspecified atom stereocenters. The zero-order valence-corrected chi connectivity index (χ0v) is 22.9. The van der Waals surface area contributed by atoms with Gasteiger partial charge in [-0.3, -0.25) is 4.79 Å². The molecular weight excluding hydrogens is 490 g/mol. The fourth-order valence-corrected chi connectivity index (χ4v) is 5.15. The number of nitrogens with one attached hydrogen (secondary N) is 3. The van der Waals surface area contributed by atoms with E-state index < -0.39 is 12.2 Å². The molecule has 8 heteroatoms. The van der Waals surface area contributed by atoms with Gasteiger partial charge >= 0.3 is 6.09 Å². The molecule has 1 fully saturated rings. The maximum Gasteiger partial charge on any atom is 0.406 e. The molecule has 202 valence electrons. The van der Waals surface area contributed by atoms with Crippen LogP contribution in [0.3, 0.4) is 0 Å². The molecule has 2 aromatic rings. The van der Waals surface area contributed by atoms with Gasteiger partial charge in [0, 0.05) is 29.7 Å². The summed E-state index contributed by atoms with van der Waals surface area (Å²) in [6.45, 7) is 3.12. The fourth-order valence-electron chi connectivity index (χ4n) is 4.95. The van der Waals surface area contributed by atoms with E-state index in [1.54, 1.807) is 0 Å². The van der Waals surface area contributed by atoms with Gasteiger partial charge in [0.05, 0.1) is 13.7 Å². The van der Waals surface area contributed by atoms with Crippen LogP contribution in [-0.4, -0.2) is 51.9 Å². The number of benzene rings is 2. The number of ether oxygens (including phenoxy) is 2. The highest BCUT2D eigenvalue weighted by Gasteiger charge is 2.21. The van der Waals surface area contributed by atoms with Crippen LogP contribution in [-0.2, 0) is 9.47 Å². The summed E-state index contributed by atoms with van der Waals surface area (Å²) in [7, 11) is 3.28. The Bertz CT molecular complexity index is 1030. The first kappa shape index (κ1) is 29.0. The molecule has 2 aromatic carbocycles. The monoisotopic (exact) mass is 529 g/mol.